The maximum absolute atomic E-state index is 13.0. The molecule has 1 heterocycles. The summed E-state index contributed by atoms with van der Waals surface area (Å²) in [7, 11) is -3.82. The van der Waals surface area contributed by atoms with E-state index in [-0.39, 0.29) is 16.8 Å². The lowest BCUT2D eigenvalue weighted by atomic mass is 9.85. The molecule has 8 nitrogen and oxygen atoms in total. The Morgan fingerprint density at radius 2 is 1.84 bits per heavy atom. The number of ether oxygens (including phenoxy) is 1. The third-order valence-corrected chi connectivity index (χ3v) is 7.15. The molecule has 1 saturated carbocycles. The molecule has 2 N–H and O–H groups in total. The number of nitrogens with one attached hydrogen (secondary N) is 2. The number of benzene rings is 1. The minimum absolute atomic E-state index is 0.155. The second-order valence-corrected chi connectivity index (χ2v) is 9.80. The summed E-state index contributed by atoms with van der Waals surface area (Å²) in [5.74, 6) is 0.499. The summed E-state index contributed by atoms with van der Waals surface area (Å²) in [5.41, 5.74) is 0. The van der Waals surface area contributed by atoms with Gasteiger partial charge in [-0.2, -0.15) is 0 Å². The molecule has 2 fully saturated rings. The molecule has 0 aromatic heterocycles. The minimum Gasteiger partial charge on any atom is -0.378 e. The number of nitrogens with zero attached hydrogens (tertiary/aromatic N) is 2. The quantitative estimate of drug-likeness (QED) is 0.490. The van der Waals surface area contributed by atoms with Crippen LogP contribution in [0.15, 0.2) is 40.2 Å². The fraction of sp³-hybridized carbons (Fsp3) is 0.636. The van der Waals surface area contributed by atoms with Gasteiger partial charge in [-0.1, -0.05) is 50.3 Å². The lowest BCUT2D eigenvalue weighted by Gasteiger charge is -2.31. The zero-order chi connectivity index (χ0) is 22.1. The average Bonchev–Trinajstić information content (AvgIpc) is 2.80. The van der Waals surface area contributed by atoms with Gasteiger partial charge in [-0.3, -0.25) is 4.79 Å². The Labute approximate surface area is 185 Å². The molecule has 9 heteroatoms. The molecule has 0 bridgehead atoms. The van der Waals surface area contributed by atoms with Crippen LogP contribution in [0, 0.1) is 5.92 Å². The van der Waals surface area contributed by atoms with Crippen LogP contribution in [0.5, 0.6) is 0 Å². The highest BCUT2D eigenvalue weighted by Gasteiger charge is 2.28. The Morgan fingerprint density at radius 3 is 2.48 bits per heavy atom. The molecule has 1 aliphatic heterocycles. The largest absolute Gasteiger partial charge is 0.378 e. The van der Waals surface area contributed by atoms with Crippen molar-refractivity contribution in [3.8, 4) is 0 Å². The highest BCUT2D eigenvalue weighted by Crippen LogP contribution is 2.28. The molecular formula is C22H34N4O4S. The molecule has 1 aliphatic carbocycles. The second kappa shape index (κ2) is 11.5. The van der Waals surface area contributed by atoms with Gasteiger partial charge in [0, 0.05) is 19.6 Å². The van der Waals surface area contributed by atoms with Crippen molar-refractivity contribution in [3.63, 3.8) is 0 Å². The molecule has 31 heavy (non-hydrogen) atoms. The third kappa shape index (κ3) is 6.93. The summed E-state index contributed by atoms with van der Waals surface area (Å²) in [5, 5.41) is 2.87. The molecule has 3 rings (SSSR count). The van der Waals surface area contributed by atoms with Crippen molar-refractivity contribution >= 4 is 21.9 Å². The number of morpholine rings is 1. The number of likely N-dealkylation sites (N-methyl/N-ethyl adjacent to an activating group) is 1. The molecule has 1 atom stereocenters. The van der Waals surface area contributed by atoms with Gasteiger partial charge in [0.1, 0.15) is 6.04 Å². The number of sulfonamides is 1. The number of amides is 1. The molecule has 0 radical (unpaired) electrons. The molecule has 1 aromatic carbocycles. The van der Waals surface area contributed by atoms with E-state index < -0.39 is 16.1 Å². The molecule has 0 unspecified atom stereocenters. The summed E-state index contributed by atoms with van der Waals surface area (Å²) in [6.07, 6.45) is 6.40. The van der Waals surface area contributed by atoms with Crippen molar-refractivity contribution in [1.29, 1.82) is 0 Å². The van der Waals surface area contributed by atoms with E-state index in [1.165, 1.54) is 19.3 Å². The lowest BCUT2D eigenvalue weighted by Crippen LogP contribution is -2.50. The van der Waals surface area contributed by atoms with Crippen LogP contribution < -0.4 is 10.0 Å². The first-order chi connectivity index (χ1) is 15.0. The van der Waals surface area contributed by atoms with Crippen molar-refractivity contribution in [2.45, 2.75) is 56.4 Å². The summed E-state index contributed by atoms with van der Waals surface area (Å²) in [6.45, 7) is 4.39. The van der Waals surface area contributed by atoms with E-state index in [1.54, 1.807) is 30.3 Å². The Morgan fingerprint density at radius 1 is 1.16 bits per heavy atom. The Kier molecular flexibility index (Phi) is 8.71. The normalized spacial score (nSPS) is 19.6. The van der Waals surface area contributed by atoms with Crippen molar-refractivity contribution in [2.75, 3.05) is 32.8 Å². The van der Waals surface area contributed by atoms with Crippen molar-refractivity contribution in [2.24, 2.45) is 10.9 Å². The Balaban J connectivity index is 1.88. The second-order valence-electron chi connectivity index (χ2n) is 8.12. The number of hydrogen-bond acceptors (Lipinski definition) is 5. The van der Waals surface area contributed by atoms with Gasteiger partial charge in [0.25, 0.3) is 10.0 Å². The topological polar surface area (TPSA) is 100 Å². The summed E-state index contributed by atoms with van der Waals surface area (Å²) >= 11 is 0. The summed E-state index contributed by atoms with van der Waals surface area (Å²) in [6, 6.07) is 7.59. The standard InChI is InChI=1S/C22H34N4O4S/c1-2-23-21(27)20(17-18-9-5-3-6-10-18)24-22(26-13-15-30-16-14-26)25-31(28,29)19-11-7-4-8-12-19/h4,7-8,11-12,18,20H,2-3,5-6,9-10,13-17H2,1H3,(H,23,27)(H,24,25)/t20-/m0/s1. The average molecular weight is 451 g/mol. The highest BCUT2D eigenvalue weighted by atomic mass is 32.2. The van der Waals surface area contributed by atoms with E-state index in [1.807, 2.05) is 11.8 Å². The van der Waals surface area contributed by atoms with E-state index >= 15 is 0 Å². The third-order valence-electron chi connectivity index (χ3n) is 5.80. The maximum Gasteiger partial charge on any atom is 0.264 e. The van der Waals surface area contributed by atoms with Crippen LogP contribution in [-0.2, 0) is 19.6 Å². The summed E-state index contributed by atoms with van der Waals surface area (Å²) < 4.78 is 34.1. The predicted molar refractivity (Wildman–Crippen MR) is 120 cm³/mol. The maximum atomic E-state index is 13.0. The Hall–Kier alpha value is -2.13. The van der Waals surface area contributed by atoms with Gasteiger partial charge < -0.3 is 15.0 Å². The van der Waals surface area contributed by atoms with Gasteiger partial charge in [-0.05, 0) is 31.4 Å². The van der Waals surface area contributed by atoms with Crippen molar-refractivity contribution < 1.29 is 17.9 Å². The minimum atomic E-state index is -3.82. The summed E-state index contributed by atoms with van der Waals surface area (Å²) in [4.78, 5) is 19.6. The highest BCUT2D eigenvalue weighted by molar-refractivity contribution is 7.90. The number of guanidine groups is 1. The molecule has 2 aliphatic rings. The van der Waals surface area contributed by atoms with Crippen molar-refractivity contribution in [1.82, 2.24) is 14.9 Å². The molecule has 1 saturated heterocycles. The van der Waals surface area contributed by atoms with Gasteiger partial charge in [0.2, 0.25) is 11.9 Å². The molecule has 1 aromatic rings. The first-order valence-electron chi connectivity index (χ1n) is 11.3. The van der Waals surface area contributed by atoms with Gasteiger partial charge >= 0.3 is 0 Å². The first-order valence-corrected chi connectivity index (χ1v) is 12.7. The van der Waals surface area contributed by atoms with Gasteiger partial charge in [-0.25, -0.2) is 18.1 Å². The number of rotatable bonds is 7. The van der Waals surface area contributed by atoms with Gasteiger partial charge in [0.15, 0.2) is 0 Å². The van der Waals surface area contributed by atoms with E-state index in [2.05, 4.69) is 10.0 Å². The van der Waals surface area contributed by atoms with Crippen molar-refractivity contribution in [3.05, 3.63) is 30.3 Å². The fourth-order valence-electron chi connectivity index (χ4n) is 4.12. The van der Waals surface area contributed by atoms with Crippen LogP contribution in [-0.4, -0.2) is 64.1 Å². The van der Waals surface area contributed by atoms with Gasteiger partial charge in [0.05, 0.1) is 18.1 Å². The van der Waals surface area contributed by atoms with Gasteiger partial charge in [-0.15, -0.1) is 0 Å². The van der Waals surface area contributed by atoms with Crippen LogP contribution in [0.25, 0.3) is 0 Å². The first kappa shape index (κ1) is 23.5. The molecule has 0 spiro atoms. The zero-order valence-corrected chi connectivity index (χ0v) is 19.1. The Bertz CT molecular complexity index is 832. The smallest absolute Gasteiger partial charge is 0.264 e. The number of carbonyl (C=O) groups is 1. The van der Waals surface area contributed by atoms with Crippen LogP contribution in [0.3, 0.4) is 0 Å². The lowest BCUT2D eigenvalue weighted by molar-refractivity contribution is -0.122. The van der Waals surface area contributed by atoms with E-state index in [0.29, 0.717) is 45.2 Å². The predicted octanol–water partition coefficient (Wildman–Crippen LogP) is 2.13. The SMILES string of the molecule is CCNC(=O)[C@H](CC1CCCCC1)N=C(NS(=O)(=O)c1ccccc1)N1CCOCC1. The van der Waals surface area contributed by atoms with E-state index in [9.17, 15) is 13.2 Å². The number of carbonyl (C=O) groups excluding carboxylic acids is 1. The van der Waals surface area contributed by atoms with Crippen LogP contribution in [0.4, 0.5) is 0 Å². The number of aliphatic imine (C=N–C) groups is 1. The zero-order valence-electron chi connectivity index (χ0n) is 18.3. The fourth-order valence-corrected chi connectivity index (χ4v) is 5.18. The monoisotopic (exact) mass is 450 g/mol. The molecular weight excluding hydrogens is 416 g/mol. The number of hydrogen-bond donors (Lipinski definition) is 2. The molecule has 172 valence electrons. The van der Waals surface area contributed by atoms with E-state index in [0.717, 1.165) is 12.8 Å². The van der Waals surface area contributed by atoms with Crippen LogP contribution >= 0.6 is 0 Å². The van der Waals surface area contributed by atoms with E-state index in [4.69, 9.17) is 9.73 Å². The van der Waals surface area contributed by atoms with Crippen LogP contribution in [0.1, 0.15) is 45.4 Å². The molecule has 1 amide bonds. The van der Waals surface area contributed by atoms with Crippen LogP contribution in [0.2, 0.25) is 0 Å².